The van der Waals surface area contributed by atoms with Crippen LogP contribution in [0.15, 0.2) is 34.6 Å². The minimum Gasteiger partial charge on any atom is -0.444 e. The summed E-state index contributed by atoms with van der Waals surface area (Å²) in [4.78, 5) is 44.1. The maximum Gasteiger partial charge on any atom is 0.410 e. The summed E-state index contributed by atoms with van der Waals surface area (Å²) < 4.78 is 14.5. The molecule has 42 heavy (non-hydrogen) atoms. The number of anilines is 3. The summed E-state index contributed by atoms with van der Waals surface area (Å²) in [6.07, 6.45) is 2.00. The predicted molar refractivity (Wildman–Crippen MR) is 162 cm³/mol. The normalized spacial score (nSPS) is 15.8. The average Bonchev–Trinajstić information content (AvgIpc) is 3.55. The number of benzene rings is 1. The van der Waals surface area contributed by atoms with Gasteiger partial charge in [-0.05, 0) is 64.3 Å². The van der Waals surface area contributed by atoms with Crippen LogP contribution in [0.3, 0.4) is 0 Å². The molecule has 4 aromatic rings. The second-order valence-electron chi connectivity index (χ2n) is 11.8. The molecule has 13 heteroatoms. The van der Waals surface area contributed by atoms with Crippen molar-refractivity contribution in [2.45, 2.75) is 59.2 Å². The number of hydrogen-bond donors (Lipinski definition) is 1. The van der Waals surface area contributed by atoms with Gasteiger partial charge >= 0.3 is 6.09 Å². The smallest absolute Gasteiger partial charge is 0.410 e. The minimum absolute atomic E-state index is 0.113. The fourth-order valence-electron chi connectivity index (χ4n) is 5.24. The molecule has 0 saturated carbocycles. The molecule has 1 fully saturated rings. The number of morpholine rings is 1. The number of nitrogens with zero attached hydrogens (tertiary/aromatic N) is 7. The van der Waals surface area contributed by atoms with E-state index in [0.29, 0.717) is 49.1 Å². The fourth-order valence-corrected chi connectivity index (χ4v) is 6.08. The van der Waals surface area contributed by atoms with Gasteiger partial charge < -0.3 is 24.6 Å². The maximum atomic E-state index is 13.4. The van der Waals surface area contributed by atoms with E-state index in [4.69, 9.17) is 19.4 Å². The Kier molecular flexibility index (Phi) is 7.39. The summed E-state index contributed by atoms with van der Waals surface area (Å²) in [5.74, 6) is 1.03. The van der Waals surface area contributed by atoms with Gasteiger partial charge in [0.05, 0.1) is 13.2 Å². The molecule has 1 amide bonds. The van der Waals surface area contributed by atoms with Crippen molar-refractivity contribution in [3.63, 3.8) is 0 Å². The number of ether oxygens (including phenoxy) is 2. The number of carbonyl (C=O) groups excluding carboxylic acids is 1. The molecule has 0 atom stereocenters. The van der Waals surface area contributed by atoms with E-state index >= 15 is 0 Å². The lowest BCUT2D eigenvalue weighted by Crippen LogP contribution is -2.39. The van der Waals surface area contributed by atoms with Crippen LogP contribution >= 0.6 is 11.3 Å². The molecule has 12 nitrogen and oxygen atoms in total. The highest BCUT2D eigenvalue weighted by atomic mass is 32.1. The van der Waals surface area contributed by atoms with Crippen molar-refractivity contribution in [2.24, 2.45) is 0 Å². The van der Waals surface area contributed by atoms with Gasteiger partial charge in [-0.3, -0.25) is 4.79 Å². The number of thiazole rings is 1. The monoisotopic (exact) mass is 592 g/mol. The Hall–Kier alpha value is -3.97. The van der Waals surface area contributed by atoms with Crippen molar-refractivity contribution in [1.29, 1.82) is 0 Å². The van der Waals surface area contributed by atoms with E-state index in [-0.39, 0.29) is 17.7 Å². The number of carbonyl (C=O) groups is 1. The topological polar surface area (TPSA) is 120 Å². The molecule has 0 unspecified atom stereocenters. The standard InChI is InChI=1S/C29H36N8O4S/c1-18(2)36-25(38)22-15-30-26(33-24(22)37(36)23-17-42-27(32-23)34-10-12-40-13-11-34)31-21-7-6-20-16-35(9-8-19(20)14-21)28(39)41-29(3,4)5/h6-7,14-15,17-18H,8-13,16H2,1-5H3,(H,30,31,33). The van der Waals surface area contributed by atoms with Crippen LogP contribution in [0.2, 0.25) is 0 Å². The van der Waals surface area contributed by atoms with E-state index < -0.39 is 5.60 Å². The van der Waals surface area contributed by atoms with Crippen molar-refractivity contribution in [3.8, 4) is 5.82 Å². The molecule has 1 N–H and O–H groups in total. The molecule has 5 heterocycles. The predicted octanol–water partition coefficient (Wildman–Crippen LogP) is 4.49. The van der Waals surface area contributed by atoms with Crippen LogP contribution in [0.4, 0.5) is 21.6 Å². The molecule has 0 spiro atoms. The SMILES string of the molecule is CC(C)n1c(=O)c2cnc(Nc3ccc4c(c3)CCN(C(=O)OC(C)(C)C)C4)nc2n1-c1csc(N2CCOCC2)n1. The van der Waals surface area contributed by atoms with Crippen LogP contribution in [-0.2, 0) is 22.4 Å². The van der Waals surface area contributed by atoms with E-state index in [9.17, 15) is 9.59 Å². The third-order valence-electron chi connectivity index (χ3n) is 7.22. The van der Waals surface area contributed by atoms with Crippen molar-refractivity contribution in [3.05, 3.63) is 51.3 Å². The molecule has 3 aromatic heterocycles. The van der Waals surface area contributed by atoms with E-state index in [1.165, 1.54) is 0 Å². The zero-order chi connectivity index (χ0) is 29.6. The highest BCUT2D eigenvalue weighted by molar-refractivity contribution is 7.14. The molecule has 2 aliphatic rings. The van der Waals surface area contributed by atoms with E-state index in [2.05, 4.69) is 21.3 Å². The van der Waals surface area contributed by atoms with Gasteiger partial charge in [-0.25, -0.2) is 24.1 Å². The van der Waals surface area contributed by atoms with Crippen LogP contribution in [0.5, 0.6) is 0 Å². The molecule has 0 bridgehead atoms. The first kappa shape index (κ1) is 28.2. The maximum absolute atomic E-state index is 13.4. The van der Waals surface area contributed by atoms with Crippen molar-refractivity contribution >= 4 is 45.2 Å². The van der Waals surface area contributed by atoms with Gasteiger partial charge in [0.15, 0.2) is 16.6 Å². The summed E-state index contributed by atoms with van der Waals surface area (Å²) in [6.45, 7) is 13.6. The Morgan fingerprint density at radius 3 is 2.64 bits per heavy atom. The van der Waals surface area contributed by atoms with Crippen LogP contribution < -0.4 is 15.8 Å². The van der Waals surface area contributed by atoms with Crippen LogP contribution in [0.25, 0.3) is 16.9 Å². The van der Waals surface area contributed by atoms with E-state index in [1.807, 2.05) is 52.1 Å². The minimum atomic E-state index is -0.530. The Morgan fingerprint density at radius 2 is 1.90 bits per heavy atom. The highest BCUT2D eigenvalue weighted by Gasteiger charge is 2.26. The second kappa shape index (κ2) is 11.0. The quantitative estimate of drug-likeness (QED) is 0.357. The Bertz CT molecular complexity index is 1680. The molecule has 222 valence electrons. The van der Waals surface area contributed by atoms with Gasteiger partial charge in [-0.15, -0.1) is 11.3 Å². The van der Waals surface area contributed by atoms with Gasteiger partial charge in [0, 0.05) is 49.5 Å². The van der Waals surface area contributed by atoms with Gasteiger partial charge in [-0.1, -0.05) is 6.07 Å². The Balaban J connectivity index is 1.28. The lowest BCUT2D eigenvalue weighted by atomic mass is 9.99. The largest absolute Gasteiger partial charge is 0.444 e. The van der Waals surface area contributed by atoms with Gasteiger partial charge in [0.2, 0.25) is 5.95 Å². The summed E-state index contributed by atoms with van der Waals surface area (Å²) in [6, 6.07) is 5.92. The Labute approximate surface area is 247 Å². The molecule has 0 aliphatic carbocycles. The fraction of sp³-hybridized carbons (Fsp3) is 0.483. The van der Waals surface area contributed by atoms with Crippen LogP contribution in [-0.4, -0.2) is 73.8 Å². The molecular weight excluding hydrogens is 556 g/mol. The van der Waals surface area contributed by atoms with E-state index in [1.54, 1.807) is 31.8 Å². The summed E-state index contributed by atoms with van der Waals surface area (Å²) >= 11 is 1.54. The number of hydrogen-bond acceptors (Lipinski definition) is 10. The first-order valence-electron chi connectivity index (χ1n) is 14.2. The number of rotatable bonds is 5. The van der Waals surface area contributed by atoms with Gasteiger partial charge in [0.1, 0.15) is 11.0 Å². The van der Waals surface area contributed by atoms with Crippen molar-refractivity contribution in [2.75, 3.05) is 43.1 Å². The Morgan fingerprint density at radius 1 is 1.12 bits per heavy atom. The summed E-state index contributed by atoms with van der Waals surface area (Å²) in [5.41, 5.74) is 2.88. The molecular formula is C29H36N8O4S. The molecule has 0 radical (unpaired) electrons. The van der Waals surface area contributed by atoms with Crippen molar-refractivity contribution < 1.29 is 14.3 Å². The first-order valence-corrected chi connectivity index (χ1v) is 15.1. The zero-order valence-electron chi connectivity index (χ0n) is 24.6. The van der Waals surface area contributed by atoms with Crippen LogP contribution in [0.1, 0.15) is 51.8 Å². The molecule has 1 saturated heterocycles. The summed E-state index contributed by atoms with van der Waals surface area (Å²) in [7, 11) is 0. The molecule has 2 aliphatic heterocycles. The number of aromatic nitrogens is 5. The lowest BCUT2D eigenvalue weighted by molar-refractivity contribution is 0.0224. The van der Waals surface area contributed by atoms with E-state index in [0.717, 1.165) is 41.5 Å². The average molecular weight is 593 g/mol. The van der Waals surface area contributed by atoms with Gasteiger partial charge in [-0.2, -0.15) is 4.98 Å². The third-order valence-corrected chi connectivity index (χ3v) is 8.11. The second-order valence-corrected chi connectivity index (χ2v) is 12.7. The van der Waals surface area contributed by atoms with Gasteiger partial charge in [0.25, 0.3) is 5.56 Å². The zero-order valence-corrected chi connectivity index (χ0v) is 25.4. The number of amides is 1. The van der Waals surface area contributed by atoms with Crippen LogP contribution in [0, 0.1) is 0 Å². The lowest BCUT2D eigenvalue weighted by Gasteiger charge is -2.31. The third kappa shape index (κ3) is 5.58. The van der Waals surface area contributed by atoms with Crippen molar-refractivity contribution in [1.82, 2.24) is 29.2 Å². The first-order chi connectivity index (χ1) is 20.1. The molecule has 1 aromatic carbocycles. The highest BCUT2D eigenvalue weighted by Crippen LogP contribution is 2.28. The number of nitrogens with one attached hydrogen (secondary N) is 1. The summed E-state index contributed by atoms with van der Waals surface area (Å²) in [5, 5.41) is 6.60. The number of fused-ring (bicyclic) bond motifs is 2. The molecule has 6 rings (SSSR count).